The quantitative estimate of drug-likeness (QED) is 0.604. The second-order valence-corrected chi connectivity index (χ2v) is 7.53. The number of non-ortho nitro benzene ring substituents is 1. The van der Waals surface area contributed by atoms with E-state index in [1.807, 2.05) is 6.92 Å². The van der Waals surface area contributed by atoms with Crippen molar-refractivity contribution in [3.63, 3.8) is 0 Å². The van der Waals surface area contributed by atoms with Crippen molar-refractivity contribution in [1.29, 1.82) is 0 Å². The molecule has 154 valence electrons. The molecule has 9 heteroatoms. The van der Waals surface area contributed by atoms with Gasteiger partial charge in [0.15, 0.2) is 0 Å². The van der Waals surface area contributed by atoms with Gasteiger partial charge < -0.3 is 10.2 Å². The van der Waals surface area contributed by atoms with Crippen molar-refractivity contribution in [3.8, 4) is 0 Å². The van der Waals surface area contributed by atoms with Crippen molar-refractivity contribution >= 4 is 34.8 Å². The largest absolute Gasteiger partial charge is 0.326 e. The van der Waals surface area contributed by atoms with E-state index in [1.54, 1.807) is 40.1 Å². The molecular formula is C21H20N4O5. The molecule has 30 heavy (non-hydrogen) atoms. The summed E-state index contributed by atoms with van der Waals surface area (Å²) in [5.74, 6) is -0.646. The number of carbonyl (C=O) groups excluding carboxylic acids is 3. The first-order chi connectivity index (χ1) is 14.3. The molecule has 0 saturated carbocycles. The van der Waals surface area contributed by atoms with Crippen molar-refractivity contribution in [3.05, 3.63) is 64.2 Å². The number of fused-ring (bicyclic) bond motifs is 3. The summed E-state index contributed by atoms with van der Waals surface area (Å²) in [5, 5.41) is 13.5. The summed E-state index contributed by atoms with van der Waals surface area (Å²) in [6.45, 7) is 1.96. The Kier molecular flexibility index (Phi) is 4.73. The van der Waals surface area contributed by atoms with Crippen LogP contribution in [-0.4, -0.2) is 39.8 Å². The number of carbonyl (C=O) groups is 3. The second kappa shape index (κ2) is 7.25. The maximum Gasteiger partial charge on any atom is 0.271 e. The van der Waals surface area contributed by atoms with E-state index < -0.39 is 10.6 Å². The first-order valence-electron chi connectivity index (χ1n) is 9.59. The number of para-hydroxylation sites is 1. The number of rotatable bonds is 5. The Labute approximate surface area is 172 Å². The van der Waals surface area contributed by atoms with Gasteiger partial charge in [0.05, 0.1) is 16.2 Å². The van der Waals surface area contributed by atoms with E-state index in [0.717, 1.165) is 0 Å². The minimum Gasteiger partial charge on any atom is -0.326 e. The zero-order valence-corrected chi connectivity index (χ0v) is 16.3. The SMILES string of the molecule is CC12CCC(=O)N1c1ccccc1C(=O)N2CCC(=O)Nc1cccc([N+](=O)[O-])c1. The zero-order chi connectivity index (χ0) is 21.5. The lowest BCUT2D eigenvalue weighted by molar-refractivity contribution is -0.384. The topological polar surface area (TPSA) is 113 Å². The van der Waals surface area contributed by atoms with Gasteiger partial charge in [0, 0.05) is 37.2 Å². The Hall–Kier alpha value is -3.75. The second-order valence-electron chi connectivity index (χ2n) is 7.53. The van der Waals surface area contributed by atoms with E-state index >= 15 is 0 Å². The van der Waals surface area contributed by atoms with Gasteiger partial charge in [-0.3, -0.25) is 29.4 Å². The zero-order valence-electron chi connectivity index (χ0n) is 16.3. The van der Waals surface area contributed by atoms with E-state index in [9.17, 15) is 24.5 Å². The minimum absolute atomic E-state index is 0.00573. The molecule has 2 aromatic carbocycles. The molecule has 0 radical (unpaired) electrons. The first kappa shape index (κ1) is 19.6. The van der Waals surface area contributed by atoms with Crippen molar-refractivity contribution < 1.29 is 19.3 Å². The summed E-state index contributed by atoms with van der Waals surface area (Å²) in [7, 11) is 0. The molecular weight excluding hydrogens is 388 g/mol. The Morgan fingerprint density at radius 1 is 1.20 bits per heavy atom. The van der Waals surface area contributed by atoms with Crippen molar-refractivity contribution in [2.45, 2.75) is 31.8 Å². The normalized spacial score (nSPS) is 20.0. The predicted molar refractivity (Wildman–Crippen MR) is 109 cm³/mol. The number of nitrogens with zero attached hydrogens (tertiary/aromatic N) is 3. The Bertz CT molecular complexity index is 1070. The smallest absolute Gasteiger partial charge is 0.271 e. The first-order valence-corrected chi connectivity index (χ1v) is 9.59. The highest BCUT2D eigenvalue weighted by molar-refractivity contribution is 6.10. The highest BCUT2D eigenvalue weighted by atomic mass is 16.6. The third-order valence-corrected chi connectivity index (χ3v) is 5.65. The van der Waals surface area contributed by atoms with Crippen molar-refractivity contribution in [2.24, 2.45) is 0 Å². The van der Waals surface area contributed by atoms with Gasteiger partial charge in [-0.2, -0.15) is 0 Å². The number of nitro benzene ring substituents is 1. The van der Waals surface area contributed by atoms with Gasteiger partial charge in [-0.1, -0.05) is 18.2 Å². The molecule has 0 aromatic heterocycles. The number of nitro groups is 1. The van der Waals surface area contributed by atoms with Crippen LogP contribution in [-0.2, 0) is 9.59 Å². The third-order valence-electron chi connectivity index (χ3n) is 5.65. The van der Waals surface area contributed by atoms with Crippen LogP contribution in [0.1, 0.15) is 36.5 Å². The fourth-order valence-electron chi connectivity index (χ4n) is 4.18. The summed E-state index contributed by atoms with van der Waals surface area (Å²) in [4.78, 5) is 51.7. The number of hydrogen-bond acceptors (Lipinski definition) is 5. The highest BCUT2D eigenvalue weighted by Crippen LogP contribution is 2.43. The molecule has 1 N–H and O–H groups in total. The standard InChI is InChI=1S/C21H20N4O5/c1-21-11-9-19(27)24(21)17-8-3-2-7-16(17)20(28)23(21)12-10-18(26)22-14-5-4-6-15(13-14)25(29)30/h2-8,13H,9-12H2,1H3,(H,22,26). The number of anilines is 2. The van der Waals surface area contributed by atoms with Gasteiger partial charge >= 0.3 is 0 Å². The van der Waals surface area contributed by atoms with Crippen LogP contribution >= 0.6 is 0 Å². The molecule has 3 amide bonds. The summed E-state index contributed by atoms with van der Waals surface area (Å²) in [5.41, 5.74) is 0.402. The molecule has 9 nitrogen and oxygen atoms in total. The van der Waals surface area contributed by atoms with Gasteiger partial charge in [-0.15, -0.1) is 0 Å². The van der Waals surface area contributed by atoms with Crippen LogP contribution < -0.4 is 10.2 Å². The molecule has 2 aliphatic rings. The summed E-state index contributed by atoms with van der Waals surface area (Å²) >= 11 is 0. The van der Waals surface area contributed by atoms with E-state index in [1.165, 1.54) is 18.2 Å². The van der Waals surface area contributed by atoms with E-state index in [2.05, 4.69) is 5.32 Å². The van der Waals surface area contributed by atoms with Crippen LogP contribution in [0.3, 0.4) is 0 Å². The van der Waals surface area contributed by atoms with E-state index in [4.69, 9.17) is 0 Å². The summed E-state index contributed by atoms with van der Waals surface area (Å²) in [6.07, 6.45) is 0.807. The molecule has 2 aromatic rings. The lowest BCUT2D eigenvalue weighted by Crippen LogP contribution is -2.62. The average Bonchev–Trinajstić information content (AvgIpc) is 3.03. The van der Waals surface area contributed by atoms with Crippen LogP contribution in [0.25, 0.3) is 0 Å². The van der Waals surface area contributed by atoms with Gasteiger partial charge in [0.2, 0.25) is 11.8 Å². The van der Waals surface area contributed by atoms with E-state index in [0.29, 0.717) is 29.8 Å². The molecule has 0 aliphatic carbocycles. The summed E-state index contributed by atoms with van der Waals surface area (Å²) in [6, 6.07) is 12.6. The van der Waals surface area contributed by atoms with Crippen molar-refractivity contribution in [1.82, 2.24) is 4.90 Å². The fourth-order valence-corrected chi connectivity index (χ4v) is 4.18. The third kappa shape index (κ3) is 3.18. The number of amides is 3. The molecule has 1 saturated heterocycles. The van der Waals surface area contributed by atoms with Crippen molar-refractivity contribution in [2.75, 3.05) is 16.8 Å². The van der Waals surface area contributed by atoms with Gasteiger partial charge in [0.1, 0.15) is 5.66 Å². The van der Waals surface area contributed by atoms with Crippen LogP contribution in [0, 0.1) is 10.1 Å². The predicted octanol–water partition coefficient (Wildman–Crippen LogP) is 2.92. The molecule has 0 bridgehead atoms. The van der Waals surface area contributed by atoms with Crippen LogP contribution in [0.4, 0.5) is 17.1 Å². The summed E-state index contributed by atoms with van der Waals surface area (Å²) < 4.78 is 0. The molecule has 4 rings (SSSR count). The van der Waals surface area contributed by atoms with Gasteiger partial charge in [0.25, 0.3) is 11.6 Å². The van der Waals surface area contributed by atoms with Gasteiger partial charge in [-0.05, 0) is 31.5 Å². The lowest BCUT2D eigenvalue weighted by Gasteiger charge is -2.48. The molecule has 1 unspecified atom stereocenters. The van der Waals surface area contributed by atoms with E-state index in [-0.39, 0.29) is 36.4 Å². The lowest BCUT2D eigenvalue weighted by atomic mass is 9.98. The van der Waals surface area contributed by atoms with Crippen LogP contribution in [0.2, 0.25) is 0 Å². The Morgan fingerprint density at radius 3 is 2.73 bits per heavy atom. The molecule has 1 atom stereocenters. The Morgan fingerprint density at radius 2 is 1.97 bits per heavy atom. The number of benzene rings is 2. The number of hydrogen-bond donors (Lipinski definition) is 1. The minimum atomic E-state index is -0.825. The molecule has 2 heterocycles. The molecule has 1 fully saturated rings. The van der Waals surface area contributed by atoms with Crippen LogP contribution in [0.15, 0.2) is 48.5 Å². The fraction of sp³-hybridized carbons (Fsp3) is 0.286. The van der Waals surface area contributed by atoms with Crippen LogP contribution in [0.5, 0.6) is 0 Å². The monoisotopic (exact) mass is 408 g/mol. The highest BCUT2D eigenvalue weighted by Gasteiger charge is 2.52. The average molecular weight is 408 g/mol. The maximum atomic E-state index is 13.1. The Balaban J connectivity index is 1.52. The number of nitrogens with one attached hydrogen (secondary N) is 1. The maximum absolute atomic E-state index is 13.1. The van der Waals surface area contributed by atoms with Gasteiger partial charge in [-0.25, -0.2) is 0 Å². The molecule has 0 spiro atoms. The molecule has 2 aliphatic heterocycles.